The molecule has 0 fully saturated rings. The number of nitrogens with one attached hydrogen (secondary N) is 1. The summed E-state index contributed by atoms with van der Waals surface area (Å²) in [6.45, 7) is 6.07. The number of benzene rings is 1. The molecule has 6 nitrogen and oxygen atoms in total. The first-order chi connectivity index (χ1) is 12.5. The minimum absolute atomic E-state index is 0.112. The van der Waals surface area contributed by atoms with Gasteiger partial charge in [0.2, 0.25) is 11.8 Å². The monoisotopic (exact) mass is 350 g/mol. The van der Waals surface area contributed by atoms with Gasteiger partial charge in [-0.3, -0.25) is 9.48 Å². The SMILES string of the molecule is Cc1cnn([C@H](C)C(=O)NCc2cccnc2Oc2ccccc2C)c1. The van der Waals surface area contributed by atoms with Crippen LogP contribution >= 0.6 is 0 Å². The topological polar surface area (TPSA) is 69.0 Å². The van der Waals surface area contributed by atoms with E-state index in [0.29, 0.717) is 12.4 Å². The van der Waals surface area contributed by atoms with E-state index in [1.807, 2.05) is 63.4 Å². The number of carbonyl (C=O) groups excluding carboxylic acids is 1. The smallest absolute Gasteiger partial charge is 0.244 e. The molecule has 0 radical (unpaired) electrons. The Morgan fingerprint density at radius 3 is 2.77 bits per heavy atom. The molecule has 1 atom stereocenters. The molecule has 3 aromatic rings. The molecule has 134 valence electrons. The molecule has 0 aliphatic rings. The summed E-state index contributed by atoms with van der Waals surface area (Å²) in [6, 6.07) is 11.1. The molecule has 2 heterocycles. The average Bonchev–Trinajstić information content (AvgIpc) is 3.08. The molecule has 0 spiro atoms. The lowest BCUT2D eigenvalue weighted by Gasteiger charge is -2.15. The predicted molar refractivity (Wildman–Crippen MR) is 99.0 cm³/mol. The lowest BCUT2D eigenvalue weighted by Crippen LogP contribution is -2.31. The van der Waals surface area contributed by atoms with Crippen LogP contribution in [0.3, 0.4) is 0 Å². The second-order valence-corrected chi connectivity index (χ2v) is 6.23. The van der Waals surface area contributed by atoms with Crippen molar-refractivity contribution in [2.45, 2.75) is 33.4 Å². The van der Waals surface area contributed by atoms with Gasteiger partial charge in [-0.25, -0.2) is 4.98 Å². The number of ether oxygens (including phenoxy) is 1. The van der Waals surface area contributed by atoms with E-state index in [4.69, 9.17) is 4.74 Å². The van der Waals surface area contributed by atoms with Crippen molar-refractivity contribution in [3.05, 3.63) is 71.7 Å². The molecule has 0 unspecified atom stereocenters. The van der Waals surface area contributed by atoms with Crippen LogP contribution in [0.5, 0.6) is 11.6 Å². The quantitative estimate of drug-likeness (QED) is 0.738. The van der Waals surface area contributed by atoms with Crippen LogP contribution in [0.1, 0.15) is 29.7 Å². The van der Waals surface area contributed by atoms with Gasteiger partial charge in [0.1, 0.15) is 11.8 Å². The number of para-hydroxylation sites is 1. The van der Waals surface area contributed by atoms with E-state index in [0.717, 1.165) is 22.4 Å². The molecule has 3 rings (SSSR count). The van der Waals surface area contributed by atoms with Crippen LogP contribution in [0, 0.1) is 13.8 Å². The highest BCUT2D eigenvalue weighted by Crippen LogP contribution is 2.25. The van der Waals surface area contributed by atoms with Crippen LogP contribution in [0.15, 0.2) is 55.0 Å². The van der Waals surface area contributed by atoms with Gasteiger partial charge in [0.05, 0.1) is 6.20 Å². The van der Waals surface area contributed by atoms with E-state index >= 15 is 0 Å². The van der Waals surface area contributed by atoms with E-state index in [2.05, 4.69) is 15.4 Å². The minimum Gasteiger partial charge on any atom is -0.438 e. The largest absolute Gasteiger partial charge is 0.438 e. The molecular formula is C20H22N4O2. The van der Waals surface area contributed by atoms with Gasteiger partial charge in [-0.2, -0.15) is 5.10 Å². The summed E-state index contributed by atoms with van der Waals surface area (Å²) in [5.74, 6) is 1.13. The van der Waals surface area contributed by atoms with Crippen LogP contribution in [-0.2, 0) is 11.3 Å². The minimum atomic E-state index is -0.388. The van der Waals surface area contributed by atoms with Crippen molar-refractivity contribution in [3.63, 3.8) is 0 Å². The van der Waals surface area contributed by atoms with Gasteiger partial charge in [0.15, 0.2) is 0 Å². The summed E-state index contributed by atoms with van der Waals surface area (Å²) in [4.78, 5) is 16.7. The lowest BCUT2D eigenvalue weighted by atomic mass is 10.2. The predicted octanol–water partition coefficient (Wildman–Crippen LogP) is 3.56. The van der Waals surface area contributed by atoms with Crippen molar-refractivity contribution < 1.29 is 9.53 Å². The standard InChI is InChI=1S/C20H22N4O2/c1-14-11-23-24(13-14)16(3)19(25)22-12-17-8-6-10-21-20(17)26-18-9-5-4-7-15(18)2/h4-11,13,16H,12H2,1-3H3,(H,22,25)/t16-/m1/s1. The first-order valence-electron chi connectivity index (χ1n) is 8.50. The third-order valence-corrected chi connectivity index (χ3v) is 4.11. The van der Waals surface area contributed by atoms with Gasteiger partial charge < -0.3 is 10.1 Å². The number of hydrogen-bond acceptors (Lipinski definition) is 4. The van der Waals surface area contributed by atoms with Crippen LogP contribution in [0.25, 0.3) is 0 Å². The highest BCUT2D eigenvalue weighted by Gasteiger charge is 2.16. The van der Waals surface area contributed by atoms with E-state index < -0.39 is 0 Å². The Bertz CT molecular complexity index is 904. The maximum Gasteiger partial charge on any atom is 0.244 e. The van der Waals surface area contributed by atoms with Gasteiger partial charge in [0.25, 0.3) is 0 Å². The van der Waals surface area contributed by atoms with E-state index in [9.17, 15) is 4.79 Å². The van der Waals surface area contributed by atoms with E-state index in [1.54, 1.807) is 17.1 Å². The fraction of sp³-hybridized carbons (Fsp3) is 0.250. The zero-order valence-corrected chi connectivity index (χ0v) is 15.1. The number of aromatic nitrogens is 3. The molecule has 0 bridgehead atoms. The Kier molecular flexibility index (Phi) is 5.31. The normalized spacial score (nSPS) is 11.8. The highest BCUT2D eigenvalue weighted by molar-refractivity contribution is 5.79. The van der Waals surface area contributed by atoms with Gasteiger partial charge in [0, 0.05) is 24.5 Å². The zero-order chi connectivity index (χ0) is 18.5. The number of carbonyl (C=O) groups is 1. The van der Waals surface area contributed by atoms with Gasteiger partial charge in [-0.05, 0) is 44.0 Å². The van der Waals surface area contributed by atoms with Crippen molar-refractivity contribution in [2.75, 3.05) is 0 Å². The van der Waals surface area contributed by atoms with Gasteiger partial charge in [-0.1, -0.05) is 24.3 Å². The number of amides is 1. The third kappa shape index (κ3) is 4.08. The van der Waals surface area contributed by atoms with Crippen molar-refractivity contribution in [3.8, 4) is 11.6 Å². The fourth-order valence-corrected chi connectivity index (χ4v) is 2.52. The van der Waals surface area contributed by atoms with Crippen LogP contribution in [-0.4, -0.2) is 20.7 Å². The van der Waals surface area contributed by atoms with Crippen LogP contribution in [0.4, 0.5) is 0 Å². The number of aryl methyl sites for hydroxylation is 2. The second-order valence-electron chi connectivity index (χ2n) is 6.23. The summed E-state index contributed by atoms with van der Waals surface area (Å²) >= 11 is 0. The Labute approximate surface area is 152 Å². The van der Waals surface area contributed by atoms with Crippen molar-refractivity contribution in [1.82, 2.24) is 20.1 Å². The second kappa shape index (κ2) is 7.82. The van der Waals surface area contributed by atoms with Crippen LogP contribution < -0.4 is 10.1 Å². The Balaban J connectivity index is 1.68. The van der Waals surface area contributed by atoms with E-state index in [1.165, 1.54) is 0 Å². The summed E-state index contributed by atoms with van der Waals surface area (Å²) < 4.78 is 7.59. The fourth-order valence-electron chi connectivity index (χ4n) is 2.52. The molecule has 1 aromatic carbocycles. The third-order valence-electron chi connectivity index (χ3n) is 4.11. The Morgan fingerprint density at radius 2 is 2.04 bits per heavy atom. The molecule has 26 heavy (non-hydrogen) atoms. The molecule has 0 aliphatic heterocycles. The summed E-state index contributed by atoms with van der Waals surface area (Å²) in [5.41, 5.74) is 2.86. The number of nitrogens with zero attached hydrogens (tertiary/aromatic N) is 3. The maximum atomic E-state index is 12.4. The maximum absolute atomic E-state index is 12.4. The Hall–Kier alpha value is -3.15. The van der Waals surface area contributed by atoms with Crippen molar-refractivity contribution >= 4 is 5.91 Å². The molecule has 0 saturated heterocycles. The molecule has 6 heteroatoms. The van der Waals surface area contributed by atoms with Gasteiger partial charge >= 0.3 is 0 Å². The van der Waals surface area contributed by atoms with Gasteiger partial charge in [-0.15, -0.1) is 0 Å². The number of hydrogen-bond donors (Lipinski definition) is 1. The first kappa shape index (κ1) is 17.7. The van der Waals surface area contributed by atoms with Crippen molar-refractivity contribution in [2.24, 2.45) is 0 Å². The average molecular weight is 350 g/mol. The summed E-state index contributed by atoms with van der Waals surface area (Å²) in [6.07, 6.45) is 5.26. The molecule has 1 N–H and O–H groups in total. The first-order valence-corrected chi connectivity index (χ1v) is 8.50. The number of rotatable bonds is 6. The lowest BCUT2D eigenvalue weighted by molar-refractivity contribution is -0.124. The molecule has 0 saturated carbocycles. The Morgan fingerprint density at radius 1 is 1.23 bits per heavy atom. The summed E-state index contributed by atoms with van der Waals surface area (Å²) in [5, 5.41) is 7.12. The molecule has 1 amide bonds. The number of pyridine rings is 1. The molecule has 2 aromatic heterocycles. The summed E-state index contributed by atoms with van der Waals surface area (Å²) in [7, 11) is 0. The molecular weight excluding hydrogens is 328 g/mol. The van der Waals surface area contributed by atoms with E-state index in [-0.39, 0.29) is 11.9 Å². The highest BCUT2D eigenvalue weighted by atomic mass is 16.5. The van der Waals surface area contributed by atoms with Crippen LogP contribution in [0.2, 0.25) is 0 Å². The van der Waals surface area contributed by atoms with Crippen molar-refractivity contribution in [1.29, 1.82) is 0 Å². The zero-order valence-electron chi connectivity index (χ0n) is 15.1. The molecule has 0 aliphatic carbocycles.